The van der Waals surface area contributed by atoms with Crippen LogP contribution in [0.5, 0.6) is 0 Å². The van der Waals surface area contributed by atoms with Gasteiger partial charge in [-0.2, -0.15) is 0 Å². The number of amides is 3. The van der Waals surface area contributed by atoms with Gasteiger partial charge >= 0.3 is 5.97 Å². The number of carboxylic acid groups (broad SMARTS) is 1. The van der Waals surface area contributed by atoms with Crippen LogP contribution in [0.25, 0.3) is 22.5 Å². The maximum atomic E-state index is 13.1. The van der Waals surface area contributed by atoms with E-state index in [0.717, 1.165) is 50.1 Å². The van der Waals surface area contributed by atoms with Gasteiger partial charge in [-0.3, -0.25) is 19.3 Å². The van der Waals surface area contributed by atoms with Crippen LogP contribution in [0, 0.1) is 13.8 Å². The van der Waals surface area contributed by atoms with Crippen molar-refractivity contribution in [1.29, 1.82) is 0 Å². The molecule has 3 amide bonds. The summed E-state index contributed by atoms with van der Waals surface area (Å²) >= 11 is 0.796. The van der Waals surface area contributed by atoms with E-state index in [9.17, 15) is 19.2 Å². The van der Waals surface area contributed by atoms with Crippen LogP contribution in [-0.2, 0) is 9.59 Å². The quantitative estimate of drug-likeness (QED) is 0.316. The minimum atomic E-state index is -1.00. The molecule has 0 aliphatic carbocycles. The Kier molecular flexibility index (Phi) is 6.61. The predicted octanol–water partition coefficient (Wildman–Crippen LogP) is 5.62. The van der Waals surface area contributed by atoms with Crippen LogP contribution in [-0.4, -0.2) is 44.1 Å². The number of aryl methyl sites for hydroxylation is 1. The summed E-state index contributed by atoms with van der Waals surface area (Å²) in [5.41, 5.74) is 4.03. The van der Waals surface area contributed by atoms with Gasteiger partial charge in [0.2, 0.25) is 5.91 Å². The molecule has 0 spiro atoms. The van der Waals surface area contributed by atoms with Gasteiger partial charge in [-0.1, -0.05) is 36.4 Å². The molecule has 0 unspecified atom stereocenters. The van der Waals surface area contributed by atoms with E-state index >= 15 is 0 Å². The Morgan fingerprint density at radius 3 is 2.42 bits per heavy atom. The maximum absolute atomic E-state index is 13.1. The first-order valence-corrected chi connectivity index (χ1v) is 12.6. The second-order valence-electron chi connectivity index (χ2n) is 8.86. The molecule has 1 aliphatic rings. The molecule has 2 N–H and O–H groups in total. The van der Waals surface area contributed by atoms with E-state index in [4.69, 9.17) is 5.11 Å². The first-order valence-electron chi connectivity index (χ1n) is 11.8. The molecule has 2 heterocycles. The number of benzene rings is 3. The maximum Gasteiger partial charge on any atom is 0.335 e. The third-order valence-corrected chi connectivity index (χ3v) is 7.28. The van der Waals surface area contributed by atoms with Crippen molar-refractivity contribution in [3.05, 3.63) is 100 Å². The van der Waals surface area contributed by atoms with E-state index in [1.165, 1.54) is 12.1 Å². The van der Waals surface area contributed by atoms with E-state index in [1.54, 1.807) is 24.3 Å². The zero-order valence-electron chi connectivity index (χ0n) is 20.6. The van der Waals surface area contributed by atoms with E-state index in [1.807, 2.05) is 60.9 Å². The van der Waals surface area contributed by atoms with Crippen LogP contribution in [0.4, 0.5) is 10.5 Å². The molecule has 0 radical (unpaired) electrons. The lowest BCUT2D eigenvalue weighted by atomic mass is 10.1. The molecule has 190 valence electrons. The first kappa shape index (κ1) is 25.0. The van der Waals surface area contributed by atoms with Crippen molar-refractivity contribution in [2.24, 2.45) is 0 Å². The topological polar surface area (TPSA) is 109 Å². The number of anilines is 1. The monoisotopic (exact) mass is 525 g/mol. The molecule has 9 heteroatoms. The molecular formula is C29H23N3O5S. The van der Waals surface area contributed by atoms with Gasteiger partial charge in [-0.25, -0.2) is 4.79 Å². The Bertz CT molecular complexity index is 1650. The molecule has 1 aromatic heterocycles. The summed E-state index contributed by atoms with van der Waals surface area (Å²) in [6, 6.07) is 21.6. The van der Waals surface area contributed by atoms with E-state index < -0.39 is 23.0 Å². The zero-order valence-corrected chi connectivity index (χ0v) is 21.4. The fourth-order valence-corrected chi connectivity index (χ4v) is 5.36. The highest BCUT2D eigenvalue weighted by Gasteiger charge is 2.36. The van der Waals surface area contributed by atoms with Gasteiger partial charge in [0.25, 0.3) is 11.1 Å². The van der Waals surface area contributed by atoms with Crippen molar-refractivity contribution in [2.45, 2.75) is 13.8 Å². The smallest absolute Gasteiger partial charge is 0.335 e. The summed E-state index contributed by atoms with van der Waals surface area (Å²) in [6.07, 6.45) is 1.65. The lowest BCUT2D eigenvalue weighted by Crippen LogP contribution is -2.36. The molecule has 1 saturated heterocycles. The van der Waals surface area contributed by atoms with E-state index in [0.29, 0.717) is 5.69 Å². The number of carbonyl (C=O) groups excluding carboxylic acids is 3. The number of fused-ring (bicyclic) bond motifs is 1. The summed E-state index contributed by atoms with van der Waals surface area (Å²) in [7, 11) is 0. The summed E-state index contributed by atoms with van der Waals surface area (Å²) < 4.78 is 1.94. The number of hydrogen-bond donors (Lipinski definition) is 2. The molecule has 38 heavy (non-hydrogen) atoms. The van der Waals surface area contributed by atoms with Crippen LogP contribution < -0.4 is 5.32 Å². The summed E-state index contributed by atoms with van der Waals surface area (Å²) in [5.74, 6) is -1.99. The fraction of sp³-hybridized carbons (Fsp3) is 0.103. The average molecular weight is 526 g/mol. The van der Waals surface area contributed by atoms with Crippen LogP contribution in [0.2, 0.25) is 0 Å². The van der Waals surface area contributed by atoms with Gasteiger partial charge in [0.15, 0.2) is 0 Å². The van der Waals surface area contributed by atoms with Crippen molar-refractivity contribution in [3.8, 4) is 5.69 Å². The highest BCUT2D eigenvalue weighted by atomic mass is 32.2. The van der Waals surface area contributed by atoms with Crippen molar-refractivity contribution < 1.29 is 24.3 Å². The lowest BCUT2D eigenvalue weighted by molar-refractivity contribution is -0.127. The molecule has 0 saturated carbocycles. The Morgan fingerprint density at radius 1 is 0.974 bits per heavy atom. The molecular weight excluding hydrogens is 502 g/mol. The van der Waals surface area contributed by atoms with Crippen LogP contribution in [0.1, 0.15) is 27.3 Å². The number of aromatic nitrogens is 1. The summed E-state index contributed by atoms with van der Waals surface area (Å²) in [5, 5.41) is 13.3. The average Bonchev–Trinajstić information content (AvgIpc) is 3.32. The molecule has 3 aromatic carbocycles. The highest BCUT2D eigenvalue weighted by molar-refractivity contribution is 8.18. The number of hydrogen-bond acceptors (Lipinski definition) is 5. The lowest BCUT2D eigenvalue weighted by Gasteiger charge is -2.13. The fourth-order valence-electron chi connectivity index (χ4n) is 4.53. The van der Waals surface area contributed by atoms with Crippen molar-refractivity contribution in [3.63, 3.8) is 0 Å². The number of nitrogens with one attached hydrogen (secondary N) is 1. The van der Waals surface area contributed by atoms with Gasteiger partial charge in [0.05, 0.1) is 10.5 Å². The van der Waals surface area contributed by atoms with Crippen LogP contribution in [0.15, 0.2) is 77.7 Å². The number of thioether (sulfide) groups is 1. The summed E-state index contributed by atoms with van der Waals surface area (Å²) in [4.78, 5) is 50.8. The predicted molar refractivity (Wildman–Crippen MR) is 147 cm³/mol. The molecule has 8 nitrogen and oxygen atoms in total. The summed E-state index contributed by atoms with van der Waals surface area (Å²) in [6.45, 7) is 3.39. The standard InChI is InChI=1S/C29H23N3O5S/c1-17-14-21(18(2)32(17)22-12-10-20(11-13-22)28(35)36)15-25-27(34)31(29(37)38-25)16-26(33)30-24-9-5-7-19-6-3-4-8-23(19)24/h3-15H,16H2,1-2H3,(H,30,33)(H,35,36)/b25-15+. The Balaban J connectivity index is 1.34. The van der Waals surface area contributed by atoms with Crippen LogP contribution in [0.3, 0.4) is 0 Å². The first-order chi connectivity index (χ1) is 18.2. The minimum absolute atomic E-state index is 0.189. The normalized spacial score (nSPS) is 14.5. The second kappa shape index (κ2) is 10.0. The van der Waals surface area contributed by atoms with Crippen molar-refractivity contribution in [1.82, 2.24) is 9.47 Å². The molecule has 0 atom stereocenters. The number of rotatable bonds is 6. The van der Waals surface area contributed by atoms with Gasteiger partial charge in [-0.15, -0.1) is 0 Å². The minimum Gasteiger partial charge on any atom is -0.478 e. The number of carboxylic acids is 1. The molecule has 0 bridgehead atoms. The molecule has 5 rings (SSSR count). The number of carbonyl (C=O) groups is 4. The van der Waals surface area contributed by atoms with E-state index in [-0.39, 0.29) is 17.0 Å². The van der Waals surface area contributed by atoms with Crippen molar-refractivity contribution >= 4 is 57.3 Å². The van der Waals surface area contributed by atoms with Crippen molar-refractivity contribution in [2.75, 3.05) is 11.9 Å². The zero-order chi connectivity index (χ0) is 27.0. The van der Waals surface area contributed by atoms with Gasteiger partial charge < -0.3 is 15.0 Å². The Hall–Kier alpha value is -4.63. The highest BCUT2D eigenvalue weighted by Crippen LogP contribution is 2.34. The molecule has 4 aromatic rings. The van der Waals surface area contributed by atoms with Crippen LogP contribution >= 0.6 is 11.8 Å². The third-order valence-electron chi connectivity index (χ3n) is 6.37. The van der Waals surface area contributed by atoms with E-state index in [2.05, 4.69) is 5.32 Å². The molecule has 1 fully saturated rings. The second-order valence-corrected chi connectivity index (χ2v) is 9.85. The Morgan fingerprint density at radius 2 is 1.68 bits per heavy atom. The molecule has 1 aliphatic heterocycles. The number of aromatic carboxylic acids is 1. The van der Waals surface area contributed by atoms with Gasteiger partial charge in [-0.05, 0) is 79.0 Å². The Labute approximate surface area is 222 Å². The number of nitrogens with zero attached hydrogens (tertiary/aromatic N) is 2. The largest absolute Gasteiger partial charge is 0.478 e. The third kappa shape index (κ3) is 4.71. The SMILES string of the molecule is Cc1cc(/C=C2/SC(=O)N(CC(=O)Nc3cccc4ccccc34)C2=O)c(C)n1-c1ccc(C(=O)O)cc1. The number of imide groups is 1. The van der Waals surface area contributed by atoms with Gasteiger partial charge in [0, 0.05) is 28.1 Å². The van der Waals surface area contributed by atoms with Gasteiger partial charge in [0.1, 0.15) is 6.54 Å².